The lowest BCUT2D eigenvalue weighted by molar-refractivity contribution is 0.260. The fourth-order valence-corrected chi connectivity index (χ4v) is 4.22. The predicted octanol–water partition coefficient (Wildman–Crippen LogP) is 1.42. The van der Waals surface area contributed by atoms with Gasteiger partial charge in [0, 0.05) is 17.6 Å². The zero-order chi connectivity index (χ0) is 15.3. The van der Waals surface area contributed by atoms with Crippen molar-refractivity contribution in [2.75, 3.05) is 19.7 Å². The predicted molar refractivity (Wildman–Crippen MR) is 80.8 cm³/mol. The third-order valence-corrected chi connectivity index (χ3v) is 5.97. The lowest BCUT2D eigenvalue weighted by atomic mass is 10.1. The molecule has 0 saturated heterocycles. The first-order valence-electron chi connectivity index (χ1n) is 6.00. The van der Waals surface area contributed by atoms with Crippen molar-refractivity contribution < 1.29 is 18.6 Å². The molecule has 0 bridgehead atoms. The number of aryl methyl sites for hydroxylation is 1. The number of nitrogens with zero attached hydrogens (tertiary/aromatic N) is 1. The summed E-state index contributed by atoms with van der Waals surface area (Å²) in [6.45, 7) is 4.87. The summed E-state index contributed by atoms with van der Waals surface area (Å²) in [5.41, 5.74) is 1.24. The van der Waals surface area contributed by atoms with Crippen LogP contribution in [0.15, 0.2) is 34.2 Å². The zero-order valence-electron chi connectivity index (χ0n) is 11.2. The molecule has 0 spiro atoms. The Kier molecular flexibility index (Phi) is 6.35. The van der Waals surface area contributed by atoms with E-state index in [2.05, 4.69) is 22.5 Å². The van der Waals surface area contributed by atoms with E-state index in [0.717, 1.165) is 9.87 Å². The van der Waals surface area contributed by atoms with Crippen LogP contribution in [-0.4, -0.2) is 42.6 Å². The number of halogens is 1. The Labute approximate surface area is 127 Å². The molecule has 1 aromatic rings. The van der Waals surface area contributed by atoms with Crippen LogP contribution >= 0.6 is 15.9 Å². The molecule has 0 aliphatic heterocycles. The van der Waals surface area contributed by atoms with Gasteiger partial charge in [0.2, 0.25) is 10.0 Å². The van der Waals surface area contributed by atoms with Gasteiger partial charge in [0.05, 0.1) is 18.1 Å². The van der Waals surface area contributed by atoms with E-state index >= 15 is 0 Å². The lowest BCUT2D eigenvalue weighted by Crippen LogP contribution is -2.34. The van der Waals surface area contributed by atoms with Gasteiger partial charge in [-0.1, -0.05) is 12.1 Å². The third kappa shape index (κ3) is 3.67. The van der Waals surface area contributed by atoms with Gasteiger partial charge in [0.15, 0.2) is 0 Å². The SMILES string of the molecule is C=CCN(CCO)S(=O)(=O)c1cc(CO)cc(C)c1Br. The molecule has 0 fully saturated rings. The Morgan fingerprint density at radius 1 is 1.40 bits per heavy atom. The van der Waals surface area contributed by atoms with E-state index in [9.17, 15) is 13.5 Å². The highest BCUT2D eigenvalue weighted by atomic mass is 79.9. The second-order valence-corrected chi connectivity index (χ2v) is 6.96. The number of sulfonamides is 1. The molecule has 0 unspecified atom stereocenters. The van der Waals surface area contributed by atoms with Crippen molar-refractivity contribution in [3.63, 3.8) is 0 Å². The molecule has 0 aliphatic rings. The Balaban J connectivity index is 3.39. The van der Waals surface area contributed by atoms with Gasteiger partial charge in [-0.25, -0.2) is 8.42 Å². The molecule has 7 heteroatoms. The highest BCUT2D eigenvalue weighted by Gasteiger charge is 2.26. The molecule has 5 nitrogen and oxygen atoms in total. The summed E-state index contributed by atoms with van der Waals surface area (Å²) in [7, 11) is -3.77. The van der Waals surface area contributed by atoms with Gasteiger partial charge in [-0.3, -0.25) is 0 Å². The van der Waals surface area contributed by atoms with E-state index in [1.807, 2.05) is 0 Å². The van der Waals surface area contributed by atoms with E-state index in [4.69, 9.17) is 5.11 Å². The topological polar surface area (TPSA) is 77.8 Å². The first-order chi connectivity index (χ1) is 9.38. The monoisotopic (exact) mass is 363 g/mol. The molecule has 112 valence electrons. The molecule has 20 heavy (non-hydrogen) atoms. The maximum atomic E-state index is 12.6. The van der Waals surface area contributed by atoms with Crippen LogP contribution in [0.1, 0.15) is 11.1 Å². The van der Waals surface area contributed by atoms with E-state index in [1.54, 1.807) is 13.0 Å². The molecule has 0 saturated carbocycles. The van der Waals surface area contributed by atoms with Gasteiger partial charge >= 0.3 is 0 Å². The van der Waals surface area contributed by atoms with Crippen molar-refractivity contribution in [2.24, 2.45) is 0 Å². The van der Waals surface area contributed by atoms with Crippen LogP contribution in [0.5, 0.6) is 0 Å². The first-order valence-corrected chi connectivity index (χ1v) is 8.23. The number of benzene rings is 1. The molecule has 0 heterocycles. The number of hydrogen-bond acceptors (Lipinski definition) is 4. The van der Waals surface area contributed by atoms with Crippen molar-refractivity contribution in [1.82, 2.24) is 4.31 Å². The first kappa shape index (κ1) is 17.3. The quantitative estimate of drug-likeness (QED) is 0.718. The number of rotatable bonds is 7. The zero-order valence-corrected chi connectivity index (χ0v) is 13.6. The fraction of sp³-hybridized carbons (Fsp3) is 0.385. The summed E-state index contributed by atoms with van der Waals surface area (Å²) in [5.74, 6) is 0. The van der Waals surface area contributed by atoms with E-state index in [-0.39, 0.29) is 31.2 Å². The van der Waals surface area contributed by atoms with Gasteiger partial charge in [-0.05, 0) is 40.0 Å². The largest absolute Gasteiger partial charge is 0.395 e. The Morgan fingerprint density at radius 2 is 2.05 bits per heavy atom. The molecule has 0 radical (unpaired) electrons. The highest BCUT2D eigenvalue weighted by Crippen LogP contribution is 2.29. The molecular weight excluding hydrogens is 346 g/mol. The Hall–Kier alpha value is -0.730. The van der Waals surface area contributed by atoms with Crippen LogP contribution in [0.2, 0.25) is 0 Å². The van der Waals surface area contributed by atoms with Gasteiger partial charge in [-0.2, -0.15) is 4.31 Å². The summed E-state index contributed by atoms with van der Waals surface area (Å²) in [4.78, 5) is 0.0804. The van der Waals surface area contributed by atoms with Crippen LogP contribution in [0.4, 0.5) is 0 Å². The number of hydrogen-bond donors (Lipinski definition) is 2. The maximum absolute atomic E-state index is 12.6. The standard InChI is InChI=1S/C13H18BrNO4S/c1-3-4-15(5-6-16)20(18,19)12-8-11(9-17)7-10(2)13(12)14/h3,7-8,16-17H,1,4-6,9H2,2H3. The average molecular weight is 364 g/mol. The normalized spacial score (nSPS) is 11.8. The molecule has 2 N–H and O–H groups in total. The average Bonchev–Trinajstić information content (AvgIpc) is 2.41. The third-order valence-electron chi connectivity index (χ3n) is 2.76. The Morgan fingerprint density at radius 3 is 2.55 bits per heavy atom. The lowest BCUT2D eigenvalue weighted by Gasteiger charge is -2.21. The minimum atomic E-state index is -3.77. The Bertz CT molecular complexity index is 586. The van der Waals surface area contributed by atoms with E-state index < -0.39 is 10.0 Å². The van der Waals surface area contributed by atoms with Gasteiger partial charge in [0.1, 0.15) is 0 Å². The molecule has 1 rings (SSSR count). The minimum absolute atomic E-state index is 0.0107. The molecule has 0 aromatic heterocycles. The summed E-state index contributed by atoms with van der Waals surface area (Å²) >= 11 is 3.27. The van der Waals surface area contributed by atoms with Crippen molar-refractivity contribution >= 4 is 26.0 Å². The van der Waals surface area contributed by atoms with Crippen molar-refractivity contribution in [3.05, 3.63) is 40.4 Å². The molecule has 0 amide bonds. The second kappa shape index (κ2) is 7.33. The number of aliphatic hydroxyl groups is 2. The van der Waals surface area contributed by atoms with Crippen molar-refractivity contribution in [3.8, 4) is 0 Å². The molecule has 0 atom stereocenters. The van der Waals surface area contributed by atoms with Gasteiger partial charge < -0.3 is 10.2 Å². The van der Waals surface area contributed by atoms with Crippen LogP contribution in [0, 0.1) is 6.92 Å². The molecular formula is C13H18BrNO4S. The molecule has 0 aliphatic carbocycles. The minimum Gasteiger partial charge on any atom is -0.395 e. The second-order valence-electron chi connectivity index (χ2n) is 4.26. The summed E-state index contributed by atoms with van der Waals surface area (Å²) in [6, 6.07) is 3.15. The van der Waals surface area contributed by atoms with Crippen molar-refractivity contribution in [2.45, 2.75) is 18.4 Å². The van der Waals surface area contributed by atoms with Crippen LogP contribution in [0.25, 0.3) is 0 Å². The molecule has 1 aromatic carbocycles. The summed E-state index contributed by atoms with van der Waals surface area (Å²) in [6.07, 6.45) is 1.46. The van der Waals surface area contributed by atoms with Crippen molar-refractivity contribution in [1.29, 1.82) is 0 Å². The van der Waals surface area contributed by atoms with Gasteiger partial charge in [0.25, 0.3) is 0 Å². The van der Waals surface area contributed by atoms with Crippen LogP contribution in [0.3, 0.4) is 0 Å². The van der Waals surface area contributed by atoms with Gasteiger partial charge in [-0.15, -0.1) is 6.58 Å². The van der Waals surface area contributed by atoms with E-state index in [1.165, 1.54) is 12.1 Å². The van der Waals surface area contributed by atoms with E-state index in [0.29, 0.717) is 10.0 Å². The smallest absolute Gasteiger partial charge is 0.244 e. The fourth-order valence-electron chi connectivity index (χ4n) is 1.79. The summed E-state index contributed by atoms with van der Waals surface area (Å²) in [5, 5.41) is 18.2. The number of aliphatic hydroxyl groups excluding tert-OH is 2. The maximum Gasteiger partial charge on any atom is 0.244 e. The highest BCUT2D eigenvalue weighted by molar-refractivity contribution is 9.10. The van der Waals surface area contributed by atoms with Crippen LogP contribution in [-0.2, 0) is 16.6 Å². The van der Waals surface area contributed by atoms with Crippen LogP contribution < -0.4 is 0 Å². The summed E-state index contributed by atoms with van der Waals surface area (Å²) < 4.78 is 26.8.